The number of para-hydroxylation sites is 1. The maximum atomic E-state index is 13.9. The lowest BCUT2D eigenvalue weighted by atomic mass is 10.2. The average Bonchev–Trinajstić information content (AvgIpc) is 2.91. The third-order valence-electron chi connectivity index (χ3n) is 3.32. The molecule has 0 fully saturated rings. The highest BCUT2D eigenvalue weighted by molar-refractivity contribution is 5.47. The quantitative estimate of drug-likeness (QED) is 0.837. The molecule has 1 N–H and O–H groups in total. The van der Waals surface area contributed by atoms with Crippen molar-refractivity contribution < 1.29 is 8.81 Å². The summed E-state index contributed by atoms with van der Waals surface area (Å²) in [6.07, 6.45) is 0. The van der Waals surface area contributed by atoms with Crippen LogP contribution in [0.1, 0.15) is 32.3 Å². The first-order valence-corrected chi connectivity index (χ1v) is 7.40. The van der Waals surface area contributed by atoms with Crippen LogP contribution in [0.3, 0.4) is 0 Å². The number of nitrogens with one attached hydrogen (secondary N) is 1. The maximum Gasteiger partial charge on any atom is 0.146 e. The van der Waals surface area contributed by atoms with Crippen molar-refractivity contribution in [2.45, 2.75) is 39.9 Å². The zero-order valence-corrected chi connectivity index (χ0v) is 12.9. The molecule has 21 heavy (non-hydrogen) atoms. The fourth-order valence-corrected chi connectivity index (χ4v) is 2.17. The number of halogens is 1. The van der Waals surface area contributed by atoms with Crippen molar-refractivity contribution in [1.29, 1.82) is 0 Å². The average molecular weight is 290 g/mol. The summed E-state index contributed by atoms with van der Waals surface area (Å²) in [4.78, 5) is 1.97. The molecule has 2 rings (SSSR count). The first-order chi connectivity index (χ1) is 10.1. The van der Waals surface area contributed by atoms with Gasteiger partial charge in [-0.2, -0.15) is 0 Å². The van der Waals surface area contributed by atoms with E-state index in [2.05, 4.69) is 19.2 Å². The highest BCUT2D eigenvalue weighted by atomic mass is 19.1. The van der Waals surface area contributed by atoms with Crippen LogP contribution in [0.15, 0.2) is 40.8 Å². The molecule has 114 valence electrons. The summed E-state index contributed by atoms with van der Waals surface area (Å²) in [5.74, 6) is 1.55. The van der Waals surface area contributed by atoms with Gasteiger partial charge in [0.2, 0.25) is 0 Å². The van der Waals surface area contributed by atoms with Crippen LogP contribution in [0.5, 0.6) is 0 Å². The van der Waals surface area contributed by atoms with Gasteiger partial charge in [-0.3, -0.25) is 0 Å². The predicted octanol–water partition coefficient (Wildman–Crippen LogP) is 3.94. The van der Waals surface area contributed by atoms with Gasteiger partial charge in [0.15, 0.2) is 0 Å². The standard InChI is InChI=1S/C17H23FN2O/c1-4-20(17-8-6-5-7-16(17)18)12-15-10-9-14(21-15)11-19-13(2)3/h5-10,13,19H,4,11-12H2,1-3H3. The lowest BCUT2D eigenvalue weighted by Gasteiger charge is -2.22. The van der Waals surface area contributed by atoms with E-state index in [0.717, 1.165) is 18.1 Å². The van der Waals surface area contributed by atoms with Crippen molar-refractivity contribution in [1.82, 2.24) is 5.32 Å². The number of hydrogen-bond acceptors (Lipinski definition) is 3. The zero-order valence-electron chi connectivity index (χ0n) is 12.9. The molecule has 4 heteroatoms. The van der Waals surface area contributed by atoms with E-state index in [9.17, 15) is 4.39 Å². The van der Waals surface area contributed by atoms with Crippen molar-refractivity contribution in [3.05, 3.63) is 53.7 Å². The second kappa shape index (κ2) is 7.27. The number of rotatable bonds is 7. The molecule has 0 bridgehead atoms. The molecule has 0 amide bonds. The van der Waals surface area contributed by atoms with Crippen LogP contribution in [0.25, 0.3) is 0 Å². The van der Waals surface area contributed by atoms with Crippen molar-refractivity contribution in [3.8, 4) is 0 Å². The minimum absolute atomic E-state index is 0.201. The third kappa shape index (κ3) is 4.33. The smallest absolute Gasteiger partial charge is 0.146 e. The fraction of sp³-hybridized carbons (Fsp3) is 0.412. The Morgan fingerprint density at radius 2 is 1.86 bits per heavy atom. The molecular formula is C17H23FN2O. The SMILES string of the molecule is CCN(Cc1ccc(CNC(C)C)o1)c1ccccc1F. The summed E-state index contributed by atoms with van der Waals surface area (Å²) in [6.45, 7) is 8.21. The Balaban J connectivity index is 2.04. The molecule has 1 aromatic carbocycles. The predicted molar refractivity (Wildman–Crippen MR) is 83.8 cm³/mol. The van der Waals surface area contributed by atoms with E-state index in [0.29, 0.717) is 24.8 Å². The highest BCUT2D eigenvalue weighted by Crippen LogP contribution is 2.21. The first kappa shape index (κ1) is 15.6. The normalized spacial score (nSPS) is 11.1. The monoisotopic (exact) mass is 290 g/mol. The summed E-state index contributed by atoms with van der Waals surface area (Å²) in [6, 6.07) is 11.2. The topological polar surface area (TPSA) is 28.4 Å². The van der Waals surface area contributed by atoms with Gasteiger partial charge in [-0.1, -0.05) is 26.0 Å². The summed E-state index contributed by atoms with van der Waals surface area (Å²) >= 11 is 0. The van der Waals surface area contributed by atoms with Gasteiger partial charge in [0.05, 0.1) is 18.8 Å². The van der Waals surface area contributed by atoms with Gasteiger partial charge < -0.3 is 14.6 Å². The summed E-state index contributed by atoms with van der Waals surface area (Å²) in [5, 5.41) is 3.32. The van der Waals surface area contributed by atoms with E-state index in [1.165, 1.54) is 6.07 Å². The molecule has 0 spiro atoms. The fourth-order valence-electron chi connectivity index (χ4n) is 2.17. The second-order valence-corrected chi connectivity index (χ2v) is 5.37. The van der Waals surface area contributed by atoms with Gasteiger partial charge >= 0.3 is 0 Å². The minimum Gasteiger partial charge on any atom is -0.463 e. The summed E-state index contributed by atoms with van der Waals surface area (Å²) in [7, 11) is 0. The van der Waals surface area contributed by atoms with Crippen LogP contribution in [-0.4, -0.2) is 12.6 Å². The van der Waals surface area contributed by atoms with E-state index in [-0.39, 0.29) is 5.82 Å². The zero-order chi connectivity index (χ0) is 15.2. The van der Waals surface area contributed by atoms with Crippen molar-refractivity contribution in [3.63, 3.8) is 0 Å². The Hall–Kier alpha value is -1.81. The van der Waals surface area contributed by atoms with Crippen LogP contribution in [0.2, 0.25) is 0 Å². The molecule has 0 aliphatic heterocycles. The molecule has 0 radical (unpaired) electrons. The number of nitrogens with zero attached hydrogens (tertiary/aromatic N) is 1. The van der Waals surface area contributed by atoms with Gasteiger partial charge in [-0.15, -0.1) is 0 Å². The highest BCUT2D eigenvalue weighted by Gasteiger charge is 2.12. The minimum atomic E-state index is -0.201. The molecule has 1 aromatic heterocycles. The molecule has 0 atom stereocenters. The number of anilines is 1. The van der Waals surface area contributed by atoms with E-state index >= 15 is 0 Å². The molecule has 0 saturated carbocycles. The number of hydrogen-bond donors (Lipinski definition) is 1. The van der Waals surface area contributed by atoms with E-state index in [4.69, 9.17) is 4.42 Å². The second-order valence-electron chi connectivity index (χ2n) is 5.37. The van der Waals surface area contributed by atoms with Gasteiger partial charge in [0.1, 0.15) is 17.3 Å². The Morgan fingerprint density at radius 3 is 2.52 bits per heavy atom. The molecule has 0 saturated heterocycles. The Morgan fingerprint density at radius 1 is 1.14 bits per heavy atom. The van der Waals surface area contributed by atoms with Gasteiger partial charge in [0.25, 0.3) is 0 Å². The Labute approximate surface area is 125 Å². The molecule has 2 aromatic rings. The Bertz CT molecular complexity index is 565. The number of furan rings is 1. The van der Waals surface area contributed by atoms with Gasteiger partial charge in [0, 0.05) is 12.6 Å². The molecule has 3 nitrogen and oxygen atoms in total. The summed E-state index contributed by atoms with van der Waals surface area (Å²) in [5.41, 5.74) is 0.609. The first-order valence-electron chi connectivity index (χ1n) is 7.40. The van der Waals surface area contributed by atoms with Gasteiger partial charge in [-0.05, 0) is 31.2 Å². The molecule has 0 unspecified atom stereocenters. The van der Waals surface area contributed by atoms with Gasteiger partial charge in [-0.25, -0.2) is 4.39 Å². The van der Waals surface area contributed by atoms with Crippen LogP contribution in [0, 0.1) is 5.82 Å². The van der Waals surface area contributed by atoms with Crippen LogP contribution in [-0.2, 0) is 13.1 Å². The van der Waals surface area contributed by atoms with Crippen LogP contribution < -0.4 is 10.2 Å². The van der Waals surface area contributed by atoms with Crippen LogP contribution in [0.4, 0.5) is 10.1 Å². The van der Waals surface area contributed by atoms with Crippen molar-refractivity contribution in [2.24, 2.45) is 0 Å². The molecule has 1 heterocycles. The van der Waals surface area contributed by atoms with Crippen LogP contribution >= 0.6 is 0 Å². The molecule has 0 aliphatic rings. The molecular weight excluding hydrogens is 267 g/mol. The van der Waals surface area contributed by atoms with E-state index in [1.807, 2.05) is 30.0 Å². The van der Waals surface area contributed by atoms with Crippen molar-refractivity contribution >= 4 is 5.69 Å². The van der Waals surface area contributed by atoms with E-state index in [1.54, 1.807) is 12.1 Å². The van der Waals surface area contributed by atoms with E-state index < -0.39 is 0 Å². The lowest BCUT2D eigenvalue weighted by Crippen LogP contribution is -2.23. The number of benzene rings is 1. The largest absolute Gasteiger partial charge is 0.463 e. The van der Waals surface area contributed by atoms with Crippen molar-refractivity contribution in [2.75, 3.05) is 11.4 Å². The summed E-state index contributed by atoms with van der Waals surface area (Å²) < 4.78 is 19.7. The third-order valence-corrected chi connectivity index (χ3v) is 3.32. The lowest BCUT2D eigenvalue weighted by molar-refractivity contribution is 0.432. The maximum absolute atomic E-state index is 13.9. The Kier molecular flexibility index (Phi) is 5.39. The molecule has 0 aliphatic carbocycles.